The molecule has 10 heteroatoms. The number of piperazine rings is 1. The molecule has 2 aromatic heterocycles. The van der Waals surface area contributed by atoms with Crippen molar-refractivity contribution in [3.8, 4) is 5.88 Å². The first kappa shape index (κ1) is 20.7. The van der Waals surface area contributed by atoms with Crippen LogP contribution in [0.1, 0.15) is 5.56 Å². The van der Waals surface area contributed by atoms with E-state index in [-0.39, 0.29) is 5.88 Å². The number of pyridine rings is 2. The van der Waals surface area contributed by atoms with Gasteiger partial charge in [-0.1, -0.05) is 12.1 Å². The SMILES string of the molecule is CN=C(NCc1ccc(OCC(F)(F)F)nc1)N1CCN(c2ccccn2)CC1. The summed E-state index contributed by atoms with van der Waals surface area (Å²) in [6, 6.07) is 8.98. The van der Waals surface area contributed by atoms with Crippen molar-refractivity contribution in [2.75, 3.05) is 44.7 Å². The number of anilines is 1. The minimum absolute atomic E-state index is 0.0545. The number of halogens is 3. The molecule has 1 N–H and O–H groups in total. The van der Waals surface area contributed by atoms with E-state index >= 15 is 0 Å². The van der Waals surface area contributed by atoms with Gasteiger partial charge in [0.15, 0.2) is 12.6 Å². The van der Waals surface area contributed by atoms with E-state index in [0.717, 1.165) is 43.5 Å². The number of nitrogens with zero attached hydrogens (tertiary/aromatic N) is 5. The first-order valence-electron chi connectivity index (χ1n) is 9.20. The molecule has 0 radical (unpaired) electrons. The first-order valence-corrected chi connectivity index (χ1v) is 9.20. The van der Waals surface area contributed by atoms with Crippen molar-refractivity contribution in [3.63, 3.8) is 0 Å². The molecule has 3 heterocycles. The summed E-state index contributed by atoms with van der Waals surface area (Å²) in [7, 11) is 1.72. The normalized spacial score (nSPS) is 15.4. The molecule has 156 valence electrons. The molecule has 1 fully saturated rings. The highest BCUT2D eigenvalue weighted by Gasteiger charge is 2.28. The molecule has 0 spiro atoms. The number of hydrogen-bond donors (Lipinski definition) is 1. The van der Waals surface area contributed by atoms with Crippen molar-refractivity contribution in [2.24, 2.45) is 4.99 Å². The third-order valence-corrected chi connectivity index (χ3v) is 4.40. The van der Waals surface area contributed by atoms with Gasteiger partial charge in [-0.2, -0.15) is 13.2 Å². The lowest BCUT2D eigenvalue weighted by Crippen LogP contribution is -2.52. The van der Waals surface area contributed by atoms with Gasteiger partial charge in [0.2, 0.25) is 5.88 Å². The molecular weight excluding hydrogens is 385 g/mol. The van der Waals surface area contributed by atoms with Crippen molar-refractivity contribution in [1.29, 1.82) is 0 Å². The molecule has 0 saturated carbocycles. The predicted molar refractivity (Wildman–Crippen MR) is 104 cm³/mol. The Hall–Kier alpha value is -3.04. The lowest BCUT2D eigenvalue weighted by atomic mass is 10.3. The van der Waals surface area contributed by atoms with E-state index in [4.69, 9.17) is 0 Å². The van der Waals surface area contributed by atoms with Crippen LogP contribution >= 0.6 is 0 Å². The Morgan fingerprint density at radius 2 is 1.93 bits per heavy atom. The fourth-order valence-corrected chi connectivity index (χ4v) is 2.96. The smallest absolute Gasteiger partial charge is 0.422 e. The Balaban J connectivity index is 1.47. The quantitative estimate of drug-likeness (QED) is 0.605. The minimum atomic E-state index is -4.38. The number of aromatic nitrogens is 2. The Morgan fingerprint density at radius 1 is 1.14 bits per heavy atom. The molecule has 3 rings (SSSR count). The van der Waals surface area contributed by atoms with Gasteiger partial charge in [-0.25, -0.2) is 9.97 Å². The lowest BCUT2D eigenvalue weighted by Gasteiger charge is -2.37. The number of ether oxygens (including phenoxy) is 1. The molecule has 1 aliphatic heterocycles. The molecule has 0 unspecified atom stereocenters. The van der Waals surface area contributed by atoms with Gasteiger partial charge in [-0.3, -0.25) is 4.99 Å². The van der Waals surface area contributed by atoms with Crippen LogP contribution in [0.25, 0.3) is 0 Å². The molecular formula is C19H23F3N6O. The molecule has 1 saturated heterocycles. The second kappa shape index (κ2) is 9.44. The molecule has 0 bridgehead atoms. The fraction of sp³-hybridized carbons (Fsp3) is 0.421. The van der Waals surface area contributed by atoms with E-state index in [0.29, 0.717) is 6.54 Å². The van der Waals surface area contributed by atoms with Crippen LogP contribution in [0.2, 0.25) is 0 Å². The van der Waals surface area contributed by atoms with Crippen LogP contribution in [0.5, 0.6) is 5.88 Å². The van der Waals surface area contributed by atoms with E-state index in [2.05, 4.69) is 34.8 Å². The monoisotopic (exact) mass is 408 g/mol. The highest BCUT2D eigenvalue weighted by molar-refractivity contribution is 5.80. The summed E-state index contributed by atoms with van der Waals surface area (Å²) in [5.41, 5.74) is 0.817. The molecule has 0 aromatic carbocycles. The van der Waals surface area contributed by atoms with E-state index < -0.39 is 12.8 Å². The number of rotatable bonds is 5. The summed E-state index contributed by atoms with van der Waals surface area (Å²) in [5.74, 6) is 1.68. The summed E-state index contributed by atoms with van der Waals surface area (Å²) < 4.78 is 41.2. The van der Waals surface area contributed by atoms with Gasteiger partial charge in [-0.05, 0) is 17.7 Å². The minimum Gasteiger partial charge on any atom is -0.468 e. The summed E-state index contributed by atoms with van der Waals surface area (Å²) in [5, 5.41) is 3.27. The summed E-state index contributed by atoms with van der Waals surface area (Å²) in [4.78, 5) is 17.0. The summed E-state index contributed by atoms with van der Waals surface area (Å²) >= 11 is 0. The van der Waals surface area contributed by atoms with E-state index in [1.165, 1.54) is 12.3 Å². The first-order chi connectivity index (χ1) is 13.9. The maximum absolute atomic E-state index is 12.2. The highest BCUT2D eigenvalue weighted by Crippen LogP contribution is 2.17. The predicted octanol–water partition coefficient (Wildman–Crippen LogP) is 2.32. The maximum Gasteiger partial charge on any atom is 0.422 e. The lowest BCUT2D eigenvalue weighted by molar-refractivity contribution is -0.154. The zero-order valence-electron chi connectivity index (χ0n) is 16.1. The average molecular weight is 408 g/mol. The number of nitrogens with one attached hydrogen (secondary N) is 1. The number of alkyl halides is 3. The number of aliphatic imine (C=N–C) groups is 1. The Kier molecular flexibility index (Phi) is 6.73. The Morgan fingerprint density at radius 3 is 2.52 bits per heavy atom. The van der Waals surface area contributed by atoms with Crippen molar-refractivity contribution in [1.82, 2.24) is 20.2 Å². The molecule has 29 heavy (non-hydrogen) atoms. The van der Waals surface area contributed by atoms with Crippen LogP contribution in [0.3, 0.4) is 0 Å². The van der Waals surface area contributed by atoms with Crippen LogP contribution in [0, 0.1) is 0 Å². The average Bonchev–Trinajstić information content (AvgIpc) is 2.74. The van der Waals surface area contributed by atoms with Gasteiger partial charge in [0.05, 0.1) is 0 Å². The number of guanidine groups is 1. The molecule has 2 aromatic rings. The van der Waals surface area contributed by atoms with Crippen molar-refractivity contribution in [3.05, 3.63) is 48.3 Å². The van der Waals surface area contributed by atoms with E-state index in [1.54, 1.807) is 19.3 Å². The molecule has 0 amide bonds. The third-order valence-electron chi connectivity index (χ3n) is 4.40. The second-order valence-electron chi connectivity index (χ2n) is 6.47. The molecule has 1 aliphatic rings. The third kappa shape index (κ3) is 6.23. The van der Waals surface area contributed by atoms with Gasteiger partial charge < -0.3 is 19.9 Å². The van der Waals surface area contributed by atoms with Gasteiger partial charge >= 0.3 is 6.18 Å². The Labute approximate surface area is 167 Å². The van der Waals surface area contributed by atoms with Crippen LogP contribution in [-0.2, 0) is 6.54 Å². The molecule has 0 atom stereocenters. The van der Waals surface area contributed by atoms with Gasteiger partial charge in [0, 0.05) is 58.2 Å². The van der Waals surface area contributed by atoms with E-state index in [9.17, 15) is 13.2 Å². The van der Waals surface area contributed by atoms with E-state index in [1.807, 2.05) is 18.2 Å². The van der Waals surface area contributed by atoms with Crippen LogP contribution in [0.4, 0.5) is 19.0 Å². The molecule has 0 aliphatic carbocycles. The van der Waals surface area contributed by atoms with Crippen LogP contribution < -0.4 is 15.0 Å². The Bertz CT molecular complexity index is 790. The van der Waals surface area contributed by atoms with Crippen LogP contribution in [0.15, 0.2) is 47.7 Å². The van der Waals surface area contributed by atoms with Crippen molar-refractivity contribution in [2.45, 2.75) is 12.7 Å². The summed E-state index contributed by atoms with van der Waals surface area (Å²) in [6.07, 6.45) is -1.10. The second-order valence-corrected chi connectivity index (χ2v) is 6.47. The van der Waals surface area contributed by atoms with Crippen LogP contribution in [-0.4, -0.2) is 66.8 Å². The number of hydrogen-bond acceptors (Lipinski definition) is 5. The zero-order valence-corrected chi connectivity index (χ0v) is 16.1. The molecule has 7 nitrogen and oxygen atoms in total. The topological polar surface area (TPSA) is 65.9 Å². The highest BCUT2D eigenvalue weighted by atomic mass is 19.4. The van der Waals surface area contributed by atoms with Gasteiger partial charge in [-0.15, -0.1) is 0 Å². The summed E-state index contributed by atoms with van der Waals surface area (Å²) in [6.45, 7) is 2.39. The largest absolute Gasteiger partial charge is 0.468 e. The fourth-order valence-electron chi connectivity index (χ4n) is 2.96. The van der Waals surface area contributed by atoms with Crippen molar-refractivity contribution < 1.29 is 17.9 Å². The van der Waals surface area contributed by atoms with Crippen molar-refractivity contribution >= 4 is 11.8 Å². The van der Waals surface area contributed by atoms with Gasteiger partial charge in [0.1, 0.15) is 5.82 Å². The maximum atomic E-state index is 12.2. The standard InChI is InChI=1S/C19H23F3N6O/c1-23-18(28-10-8-27(9-11-28)16-4-2-3-7-24-16)26-13-15-5-6-17(25-12-15)29-14-19(20,21)22/h2-7,12H,8-11,13-14H2,1H3,(H,23,26). The zero-order chi connectivity index (χ0) is 20.7. The van der Waals surface area contributed by atoms with Gasteiger partial charge in [0.25, 0.3) is 0 Å².